The van der Waals surface area contributed by atoms with Crippen molar-refractivity contribution in [1.29, 1.82) is 0 Å². The molecule has 2 N–H and O–H groups in total. The van der Waals surface area contributed by atoms with Crippen LogP contribution in [0.5, 0.6) is 0 Å². The van der Waals surface area contributed by atoms with Crippen molar-refractivity contribution in [3.8, 4) is 0 Å². The van der Waals surface area contributed by atoms with Crippen molar-refractivity contribution in [3.63, 3.8) is 0 Å². The molecule has 1 aliphatic carbocycles. The molecule has 0 bridgehead atoms. The molecular weight excluding hydrogens is 304 g/mol. The second-order valence-corrected chi connectivity index (χ2v) is 7.45. The van der Waals surface area contributed by atoms with Crippen LogP contribution >= 0.6 is 0 Å². The zero-order valence-corrected chi connectivity index (χ0v) is 15.1. The van der Waals surface area contributed by atoms with Gasteiger partial charge in [-0.05, 0) is 44.4 Å². The largest absolute Gasteiger partial charge is 0.396 e. The van der Waals surface area contributed by atoms with Crippen molar-refractivity contribution >= 4 is 11.8 Å². The van der Waals surface area contributed by atoms with Crippen molar-refractivity contribution in [2.75, 3.05) is 19.7 Å². The normalized spacial score (nSPS) is 23.8. The van der Waals surface area contributed by atoms with Gasteiger partial charge in [-0.25, -0.2) is 0 Å². The van der Waals surface area contributed by atoms with Crippen LogP contribution in [-0.4, -0.2) is 47.6 Å². The molecule has 1 saturated carbocycles. The maximum atomic E-state index is 12.7. The molecule has 0 aromatic rings. The molecule has 5 heteroatoms. The number of hydrogen-bond donors (Lipinski definition) is 2. The van der Waals surface area contributed by atoms with Crippen molar-refractivity contribution in [3.05, 3.63) is 0 Å². The molecule has 2 rings (SSSR count). The van der Waals surface area contributed by atoms with E-state index in [0.29, 0.717) is 25.3 Å². The van der Waals surface area contributed by atoms with Gasteiger partial charge in [0.15, 0.2) is 0 Å². The Morgan fingerprint density at radius 3 is 2.58 bits per heavy atom. The molecule has 0 aromatic carbocycles. The van der Waals surface area contributed by atoms with Crippen molar-refractivity contribution < 1.29 is 14.7 Å². The Kier molecular flexibility index (Phi) is 8.03. The summed E-state index contributed by atoms with van der Waals surface area (Å²) in [5, 5.41) is 12.6. The molecule has 2 fully saturated rings. The molecule has 138 valence electrons. The van der Waals surface area contributed by atoms with E-state index in [1.54, 1.807) is 0 Å². The molecule has 2 amide bonds. The first-order valence-corrected chi connectivity index (χ1v) is 9.84. The number of carbonyl (C=O) groups is 2. The highest BCUT2D eigenvalue weighted by Gasteiger charge is 2.31. The van der Waals surface area contributed by atoms with Gasteiger partial charge >= 0.3 is 0 Å². The number of nitrogens with one attached hydrogen (secondary N) is 1. The number of rotatable bonds is 7. The lowest BCUT2D eigenvalue weighted by molar-refractivity contribution is -0.136. The van der Waals surface area contributed by atoms with E-state index in [1.165, 1.54) is 19.3 Å². The number of aliphatic hydroxyl groups is 1. The zero-order chi connectivity index (χ0) is 17.4. The summed E-state index contributed by atoms with van der Waals surface area (Å²) in [6.07, 6.45) is 9.87. The average Bonchev–Trinajstić information content (AvgIpc) is 2.62. The van der Waals surface area contributed by atoms with E-state index in [9.17, 15) is 14.7 Å². The maximum Gasteiger partial charge on any atom is 0.225 e. The molecule has 0 spiro atoms. The number of aliphatic hydroxyl groups excluding tert-OH is 1. The SMILES string of the molecule is CCCC(=O)N1CCCC(C(=O)NC(CCO)C2CCCCC2)C1. The Labute approximate surface area is 146 Å². The second-order valence-electron chi connectivity index (χ2n) is 7.45. The summed E-state index contributed by atoms with van der Waals surface area (Å²) in [4.78, 5) is 26.7. The van der Waals surface area contributed by atoms with Gasteiger partial charge in [0.2, 0.25) is 11.8 Å². The molecule has 0 radical (unpaired) electrons. The first kappa shape index (κ1) is 19.2. The fourth-order valence-electron chi connectivity index (χ4n) is 4.19. The third kappa shape index (κ3) is 5.47. The summed E-state index contributed by atoms with van der Waals surface area (Å²) in [6.45, 7) is 3.47. The standard InChI is InChI=1S/C19H34N2O3/c1-2-7-18(23)21-12-6-10-16(14-21)19(24)20-17(11-13-22)15-8-4-3-5-9-15/h15-17,22H,2-14H2,1H3,(H,20,24). The van der Waals surface area contributed by atoms with Crippen LogP contribution in [-0.2, 0) is 9.59 Å². The Morgan fingerprint density at radius 2 is 1.92 bits per heavy atom. The van der Waals surface area contributed by atoms with E-state index in [2.05, 4.69) is 5.32 Å². The minimum Gasteiger partial charge on any atom is -0.396 e. The highest BCUT2D eigenvalue weighted by Crippen LogP contribution is 2.28. The fourth-order valence-corrected chi connectivity index (χ4v) is 4.19. The molecule has 1 heterocycles. The van der Waals surface area contributed by atoms with Crippen LogP contribution in [0, 0.1) is 11.8 Å². The Bertz CT molecular complexity index is 407. The first-order chi connectivity index (χ1) is 11.7. The summed E-state index contributed by atoms with van der Waals surface area (Å²) < 4.78 is 0. The molecule has 1 saturated heterocycles. The number of piperidine rings is 1. The predicted octanol–water partition coefficient (Wildman–Crippen LogP) is 2.47. The quantitative estimate of drug-likeness (QED) is 0.749. The highest BCUT2D eigenvalue weighted by atomic mass is 16.3. The summed E-state index contributed by atoms with van der Waals surface area (Å²) >= 11 is 0. The average molecular weight is 338 g/mol. The van der Waals surface area contributed by atoms with Crippen LogP contribution in [0.1, 0.15) is 71.1 Å². The molecule has 2 unspecified atom stereocenters. The van der Waals surface area contributed by atoms with Crippen LogP contribution in [0.2, 0.25) is 0 Å². The number of hydrogen-bond acceptors (Lipinski definition) is 3. The lowest BCUT2D eigenvalue weighted by Gasteiger charge is -2.35. The molecule has 0 aromatic heterocycles. The van der Waals surface area contributed by atoms with Gasteiger partial charge in [0.25, 0.3) is 0 Å². The molecule has 2 atom stereocenters. The number of carbonyl (C=O) groups excluding carboxylic acids is 2. The van der Waals surface area contributed by atoms with Crippen LogP contribution < -0.4 is 5.32 Å². The fraction of sp³-hybridized carbons (Fsp3) is 0.895. The number of likely N-dealkylation sites (tertiary alicyclic amines) is 1. The summed E-state index contributed by atoms with van der Waals surface area (Å²) in [5.41, 5.74) is 0. The van der Waals surface area contributed by atoms with Gasteiger partial charge in [0.1, 0.15) is 0 Å². The maximum absolute atomic E-state index is 12.7. The highest BCUT2D eigenvalue weighted by molar-refractivity contribution is 5.81. The van der Waals surface area contributed by atoms with Gasteiger partial charge in [0.05, 0.1) is 5.92 Å². The van der Waals surface area contributed by atoms with Crippen molar-refractivity contribution in [2.24, 2.45) is 11.8 Å². The van der Waals surface area contributed by atoms with E-state index in [4.69, 9.17) is 0 Å². The smallest absolute Gasteiger partial charge is 0.225 e. The molecule has 1 aliphatic heterocycles. The van der Waals surface area contributed by atoms with Gasteiger partial charge in [-0.3, -0.25) is 9.59 Å². The topological polar surface area (TPSA) is 69.6 Å². The zero-order valence-electron chi connectivity index (χ0n) is 15.1. The molecular formula is C19H34N2O3. The summed E-state index contributed by atoms with van der Waals surface area (Å²) in [5.74, 6) is 0.655. The second kappa shape index (κ2) is 10.0. The van der Waals surface area contributed by atoms with E-state index in [-0.39, 0.29) is 30.4 Å². The molecule has 2 aliphatic rings. The van der Waals surface area contributed by atoms with Gasteiger partial charge < -0.3 is 15.3 Å². The van der Waals surface area contributed by atoms with E-state index in [1.807, 2.05) is 11.8 Å². The summed E-state index contributed by atoms with van der Waals surface area (Å²) in [7, 11) is 0. The van der Waals surface area contributed by atoms with Gasteiger partial charge in [-0.2, -0.15) is 0 Å². The van der Waals surface area contributed by atoms with Crippen LogP contribution in [0.25, 0.3) is 0 Å². The first-order valence-electron chi connectivity index (χ1n) is 9.84. The Balaban J connectivity index is 1.89. The number of nitrogens with zero attached hydrogens (tertiary/aromatic N) is 1. The third-order valence-electron chi connectivity index (χ3n) is 5.60. The molecule has 5 nitrogen and oxygen atoms in total. The van der Waals surface area contributed by atoms with Gasteiger partial charge in [0, 0.05) is 32.2 Å². The van der Waals surface area contributed by atoms with Gasteiger partial charge in [-0.1, -0.05) is 26.2 Å². The van der Waals surface area contributed by atoms with E-state index in [0.717, 1.165) is 38.6 Å². The van der Waals surface area contributed by atoms with Crippen molar-refractivity contribution in [2.45, 2.75) is 77.2 Å². The minimum atomic E-state index is -0.0932. The van der Waals surface area contributed by atoms with Crippen LogP contribution in [0.4, 0.5) is 0 Å². The van der Waals surface area contributed by atoms with Crippen molar-refractivity contribution in [1.82, 2.24) is 10.2 Å². The lowest BCUT2D eigenvalue weighted by atomic mass is 9.82. The van der Waals surface area contributed by atoms with Crippen LogP contribution in [0.15, 0.2) is 0 Å². The number of amides is 2. The lowest BCUT2D eigenvalue weighted by Crippen LogP contribution is -2.49. The van der Waals surface area contributed by atoms with E-state index < -0.39 is 0 Å². The van der Waals surface area contributed by atoms with E-state index >= 15 is 0 Å². The monoisotopic (exact) mass is 338 g/mol. The van der Waals surface area contributed by atoms with Gasteiger partial charge in [-0.15, -0.1) is 0 Å². The minimum absolute atomic E-state index is 0.0769. The Morgan fingerprint density at radius 1 is 1.17 bits per heavy atom. The molecule has 24 heavy (non-hydrogen) atoms. The van der Waals surface area contributed by atoms with Crippen LogP contribution in [0.3, 0.4) is 0 Å². The third-order valence-corrected chi connectivity index (χ3v) is 5.60. The predicted molar refractivity (Wildman–Crippen MR) is 94.4 cm³/mol. The summed E-state index contributed by atoms with van der Waals surface area (Å²) in [6, 6.07) is 0.0875. The Hall–Kier alpha value is -1.10.